The molecule has 1 unspecified atom stereocenters. The van der Waals surface area contributed by atoms with Crippen LogP contribution in [0.2, 0.25) is 0 Å². The molecule has 5 nitrogen and oxygen atoms in total. The molecule has 1 atom stereocenters. The zero-order valence-electron chi connectivity index (χ0n) is 11.6. The van der Waals surface area contributed by atoms with E-state index in [1.165, 1.54) is 19.3 Å². The molecule has 2 N–H and O–H groups in total. The Morgan fingerprint density at radius 2 is 2.06 bits per heavy atom. The highest BCUT2D eigenvalue weighted by atomic mass is 16.4. The minimum atomic E-state index is 0.427. The van der Waals surface area contributed by atoms with Gasteiger partial charge in [-0.05, 0) is 38.1 Å². The molecule has 0 radical (unpaired) electrons. The second-order valence-electron chi connectivity index (χ2n) is 5.65. The van der Waals surface area contributed by atoms with Crippen LogP contribution in [0.1, 0.15) is 45.9 Å². The molecule has 0 bridgehead atoms. The lowest BCUT2D eigenvalue weighted by atomic mass is 9.80. The lowest BCUT2D eigenvalue weighted by Gasteiger charge is -2.31. The maximum Gasteiger partial charge on any atom is 0.315 e. The van der Waals surface area contributed by atoms with E-state index in [4.69, 9.17) is 4.42 Å². The van der Waals surface area contributed by atoms with E-state index in [1.54, 1.807) is 0 Å². The van der Waals surface area contributed by atoms with Crippen LogP contribution in [-0.2, 0) is 6.54 Å². The van der Waals surface area contributed by atoms with Crippen molar-refractivity contribution in [2.24, 2.45) is 11.8 Å². The second-order valence-corrected chi connectivity index (χ2v) is 5.65. The van der Waals surface area contributed by atoms with Gasteiger partial charge in [-0.2, -0.15) is 0 Å². The first-order valence-electron chi connectivity index (χ1n) is 6.94. The number of rotatable bonds is 7. The van der Waals surface area contributed by atoms with Crippen molar-refractivity contribution in [3.8, 4) is 0 Å². The van der Waals surface area contributed by atoms with Crippen LogP contribution in [-0.4, -0.2) is 22.8 Å². The highest BCUT2D eigenvalue weighted by Crippen LogP contribution is 2.30. The fourth-order valence-corrected chi connectivity index (χ4v) is 2.10. The minimum absolute atomic E-state index is 0.427. The van der Waals surface area contributed by atoms with Crippen molar-refractivity contribution in [3.05, 3.63) is 5.89 Å². The zero-order chi connectivity index (χ0) is 13.0. The molecule has 102 valence electrons. The first kappa shape index (κ1) is 13.3. The van der Waals surface area contributed by atoms with Crippen LogP contribution >= 0.6 is 0 Å². The van der Waals surface area contributed by atoms with Gasteiger partial charge < -0.3 is 15.1 Å². The average molecular weight is 252 g/mol. The molecule has 0 aliphatic heterocycles. The molecule has 0 amide bonds. The summed E-state index contributed by atoms with van der Waals surface area (Å²) in [4.78, 5) is 0. The molecule has 0 saturated heterocycles. The second kappa shape index (κ2) is 6.18. The van der Waals surface area contributed by atoms with Crippen molar-refractivity contribution >= 4 is 6.01 Å². The van der Waals surface area contributed by atoms with Gasteiger partial charge >= 0.3 is 6.01 Å². The molecule has 1 aromatic rings. The Morgan fingerprint density at radius 3 is 2.67 bits per heavy atom. The smallest absolute Gasteiger partial charge is 0.315 e. The molecule has 1 saturated carbocycles. The third kappa shape index (κ3) is 3.70. The number of aromatic nitrogens is 2. The van der Waals surface area contributed by atoms with E-state index in [9.17, 15) is 0 Å². The molecule has 0 spiro atoms. The molecule has 1 aromatic heterocycles. The molecular weight excluding hydrogens is 228 g/mol. The Kier molecular flexibility index (Phi) is 4.58. The van der Waals surface area contributed by atoms with E-state index >= 15 is 0 Å². The molecule has 18 heavy (non-hydrogen) atoms. The summed E-state index contributed by atoms with van der Waals surface area (Å²) in [5.74, 6) is 2.04. The summed E-state index contributed by atoms with van der Waals surface area (Å²) in [6.07, 6.45) is 3.97. The fourth-order valence-electron chi connectivity index (χ4n) is 2.10. The summed E-state index contributed by atoms with van der Waals surface area (Å²) < 4.78 is 5.56. The monoisotopic (exact) mass is 252 g/mol. The maximum absolute atomic E-state index is 5.56. The standard InChI is InChI=1S/C13H24N4O/c1-9(2)7-14-8-12-16-17-13(18-12)15-10(3)11-5-4-6-11/h9-11,14H,4-8H2,1-3H3,(H,15,17). The van der Waals surface area contributed by atoms with Crippen LogP contribution < -0.4 is 10.6 Å². The van der Waals surface area contributed by atoms with Gasteiger partial charge in [0.2, 0.25) is 5.89 Å². The van der Waals surface area contributed by atoms with Crippen LogP contribution in [0.25, 0.3) is 0 Å². The predicted octanol–water partition coefficient (Wildman–Crippen LogP) is 2.42. The van der Waals surface area contributed by atoms with E-state index in [0.717, 1.165) is 12.5 Å². The quantitative estimate of drug-likeness (QED) is 0.780. The van der Waals surface area contributed by atoms with Crippen LogP contribution in [0.15, 0.2) is 4.42 Å². The molecular formula is C13H24N4O. The number of nitrogens with one attached hydrogen (secondary N) is 2. The van der Waals surface area contributed by atoms with Crippen LogP contribution in [0.3, 0.4) is 0 Å². The van der Waals surface area contributed by atoms with Crippen molar-refractivity contribution in [1.82, 2.24) is 15.5 Å². The highest BCUT2D eigenvalue weighted by Gasteiger charge is 2.24. The molecule has 1 aliphatic carbocycles. The summed E-state index contributed by atoms with van der Waals surface area (Å²) in [6.45, 7) is 8.14. The van der Waals surface area contributed by atoms with Gasteiger partial charge in [0.25, 0.3) is 0 Å². The summed E-state index contributed by atoms with van der Waals surface area (Å²) in [5, 5.41) is 14.6. The van der Waals surface area contributed by atoms with Gasteiger partial charge in [0.1, 0.15) is 0 Å². The van der Waals surface area contributed by atoms with E-state index in [-0.39, 0.29) is 0 Å². The van der Waals surface area contributed by atoms with Gasteiger partial charge in [-0.3, -0.25) is 0 Å². The SMILES string of the molecule is CC(C)CNCc1nnc(NC(C)C2CCC2)o1. The lowest BCUT2D eigenvalue weighted by Crippen LogP contribution is -2.30. The van der Waals surface area contributed by atoms with Crippen molar-refractivity contribution < 1.29 is 4.42 Å². The van der Waals surface area contributed by atoms with E-state index in [1.807, 2.05) is 0 Å². The minimum Gasteiger partial charge on any atom is -0.407 e. The summed E-state index contributed by atoms with van der Waals surface area (Å²) in [7, 11) is 0. The van der Waals surface area contributed by atoms with Gasteiger partial charge in [0, 0.05) is 6.04 Å². The van der Waals surface area contributed by atoms with Gasteiger partial charge in [-0.25, -0.2) is 0 Å². The first-order valence-corrected chi connectivity index (χ1v) is 6.94. The largest absolute Gasteiger partial charge is 0.407 e. The topological polar surface area (TPSA) is 63.0 Å². The van der Waals surface area contributed by atoms with Crippen molar-refractivity contribution in [2.75, 3.05) is 11.9 Å². The Hall–Kier alpha value is -1.10. The number of hydrogen-bond donors (Lipinski definition) is 2. The van der Waals surface area contributed by atoms with E-state index in [0.29, 0.717) is 30.4 Å². The Labute approximate surface area is 109 Å². The van der Waals surface area contributed by atoms with Gasteiger partial charge in [-0.1, -0.05) is 25.4 Å². The number of nitrogens with zero attached hydrogens (tertiary/aromatic N) is 2. The Balaban J connectivity index is 1.74. The molecule has 0 aromatic carbocycles. The Morgan fingerprint density at radius 1 is 1.28 bits per heavy atom. The molecule has 5 heteroatoms. The summed E-state index contributed by atoms with van der Waals surface area (Å²) in [6, 6.07) is 0.978. The van der Waals surface area contributed by atoms with Crippen molar-refractivity contribution in [3.63, 3.8) is 0 Å². The molecule has 1 fully saturated rings. The van der Waals surface area contributed by atoms with Crippen molar-refractivity contribution in [1.29, 1.82) is 0 Å². The third-order valence-electron chi connectivity index (χ3n) is 3.50. The van der Waals surface area contributed by atoms with Crippen LogP contribution in [0.5, 0.6) is 0 Å². The number of anilines is 1. The predicted molar refractivity (Wildman–Crippen MR) is 71.3 cm³/mol. The fraction of sp³-hybridized carbons (Fsp3) is 0.846. The van der Waals surface area contributed by atoms with Gasteiger partial charge in [-0.15, -0.1) is 5.10 Å². The summed E-state index contributed by atoms with van der Waals surface area (Å²) >= 11 is 0. The van der Waals surface area contributed by atoms with Gasteiger partial charge in [0.05, 0.1) is 6.54 Å². The van der Waals surface area contributed by atoms with Gasteiger partial charge in [0.15, 0.2) is 0 Å². The average Bonchev–Trinajstić information content (AvgIpc) is 2.62. The Bertz CT molecular complexity index is 360. The molecule has 2 rings (SSSR count). The van der Waals surface area contributed by atoms with E-state index < -0.39 is 0 Å². The number of hydrogen-bond acceptors (Lipinski definition) is 5. The van der Waals surface area contributed by atoms with Crippen LogP contribution in [0.4, 0.5) is 6.01 Å². The highest BCUT2D eigenvalue weighted by molar-refractivity contribution is 5.19. The maximum atomic E-state index is 5.56. The van der Waals surface area contributed by atoms with Crippen LogP contribution in [0, 0.1) is 11.8 Å². The first-order chi connectivity index (χ1) is 8.65. The van der Waals surface area contributed by atoms with E-state index in [2.05, 4.69) is 41.6 Å². The summed E-state index contributed by atoms with van der Waals surface area (Å²) in [5.41, 5.74) is 0. The lowest BCUT2D eigenvalue weighted by molar-refractivity contribution is 0.281. The zero-order valence-corrected chi connectivity index (χ0v) is 11.6. The molecule has 1 aliphatic rings. The molecule has 1 heterocycles. The normalized spacial score (nSPS) is 17.8. The van der Waals surface area contributed by atoms with Crippen molar-refractivity contribution in [2.45, 2.75) is 52.6 Å². The third-order valence-corrected chi connectivity index (χ3v) is 3.50.